The Bertz CT molecular complexity index is 1160. The average molecular weight is 368 g/mol. The van der Waals surface area contributed by atoms with E-state index in [2.05, 4.69) is 15.2 Å². The second-order valence-electron chi connectivity index (χ2n) is 5.40. The number of nitrogens with zero attached hydrogens (tertiary/aromatic N) is 5. The van der Waals surface area contributed by atoms with Gasteiger partial charge >= 0.3 is 0 Å². The minimum atomic E-state index is -0.528. The first-order chi connectivity index (χ1) is 12.6. The molecule has 4 rings (SSSR count). The second-order valence-corrected chi connectivity index (χ2v) is 5.81. The van der Waals surface area contributed by atoms with E-state index in [1.165, 1.54) is 30.9 Å². The van der Waals surface area contributed by atoms with Crippen molar-refractivity contribution in [3.8, 4) is 5.69 Å². The van der Waals surface area contributed by atoms with E-state index in [0.29, 0.717) is 11.0 Å². The van der Waals surface area contributed by atoms with E-state index < -0.39 is 11.4 Å². The van der Waals surface area contributed by atoms with Gasteiger partial charge in [0.15, 0.2) is 5.65 Å². The number of hydrogen-bond acceptors (Lipinski definition) is 4. The van der Waals surface area contributed by atoms with Gasteiger partial charge in [0.05, 0.1) is 23.1 Å². The molecule has 0 N–H and O–H groups in total. The van der Waals surface area contributed by atoms with Crippen LogP contribution in [-0.4, -0.2) is 25.7 Å². The predicted octanol–water partition coefficient (Wildman–Crippen LogP) is 3.26. The van der Waals surface area contributed by atoms with Gasteiger partial charge in [-0.25, -0.2) is 14.1 Å². The molecule has 0 fully saturated rings. The maximum atomic E-state index is 13.8. The third kappa shape index (κ3) is 2.78. The maximum absolute atomic E-state index is 13.8. The fraction of sp³-hybridized carbons (Fsp3) is 0. The summed E-state index contributed by atoms with van der Waals surface area (Å²) >= 11 is 5.95. The Balaban J connectivity index is 1.78. The summed E-state index contributed by atoms with van der Waals surface area (Å²) in [5.74, 6) is -0.528. The zero-order valence-corrected chi connectivity index (χ0v) is 14.0. The first kappa shape index (κ1) is 16.2. The van der Waals surface area contributed by atoms with Crippen LogP contribution in [0, 0.1) is 5.82 Å². The third-order valence-electron chi connectivity index (χ3n) is 3.78. The maximum Gasteiger partial charge on any atom is 0.285 e. The minimum Gasteiger partial charge on any atom is -0.266 e. The average Bonchev–Trinajstić information content (AvgIpc) is 3.08. The zero-order chi connectivity index (χ0) is 18.1. The molecule has 4 aromatic rings. The van der Waals surface area contributed by atoms with Gasteiger partial charge in [-0.15, -0.1) is 0 Å². The van der Waals surface area contributed by atoms with Crippen LogP contribution in [0.2, 0.25) is 5.02 Å². The molecular formula is C18H11ClFN5O. The molecule has 0 atom stereocenters. The Hall–Kier alpha value is -3.32. The molecule has 8 heteroatoms. The molecule has 6 nitrogen and oxygen atoms in total. The van der Waals surface area contributed by atoms with Crippen LogP contribution in [-0.2, 0) is 0 Å². The van der Waals surface area contributed by atoms with E-state index in [-0.39, 0.29) is 10.6 Å². The van der Waals surface area contributed by atoms with E-state index >= 15 is 0 Å². The molecule has 2 heterocycles. The van der Waals surface area contributed by atoms with Crippen LogP contribution >= 0.6 is 11.6 Å². The van der Waals surface area contributed by atoms with Crippen molar-refractivity contribution in [2.24, 2.45) is 5.10 Å². The highest BCUT2D eigenvalue weighted by Gasteiger charge is 2.11. The van der Waals surface area contributed by atoms with Gasteiger partial charge in [-0.2, -0.15) is 14.9 Å². The lowest BCUT2D eigenvalue weighted by molar-refractivity contribution is 0.625. The van der Waals surface area contributed by atoms with Gasteiger partial charge in [-0.3, -0.25) is 4.79 Å². The van der Waals surface area contributed by atoms with Crippen molar-refractivity contribution in [2.45, 2.75) is 0 Å². The molecule has 128 valence electrons. The highest BCUT2D eigenvalue weighted by molar-refractivity contribution is 6.33. The molecule has 0 aliphatic heterocycles. The van der Waals surface area contributed by atoms with Crippen molar-refractivity contribution in [2.75, 3.05) is 0 Å². The number of halogens is 2. The van der Waals surface area contributed by atoms with Gasteiger partial charge in [0.1, 0.15) is 17.5 Å². The molecule has 0 aliphatic rings. The number of rotatable bonds is 3. The molecule has 0 radical (unpaired) electrons. The fourth-order valence-electron chi connectivity index (χ4n) is 2.50. The van der Waals surface area contributed by atoms with Crippen LogP contribution in [0.15, 0.2) is 71.0 Å². The highest BCUT2D eigenvalue weighted by atomic mass is 35.5. The second kappa shape index (κ2) is 6.53. The fourth-order valence-corrected chi connectivity index (χ4v) is 2.71. The normalized spacial score (nSPS) is 11.5. The summed E-state index contributed by atoms with van der Waals surface area (Å²) in [5, 5.41) is 8.71. The van der Waals surface area contributed by atoms with E-state index in [1.807, 2.05) is 30.3 Å². The summed E-state index contributed by atoms with van der Waals surface area (Å²) in [5.41, 5.74) is 0.882. The molecule has 2 aromatic carbocycles. The topological polar surface area (TPSA) is 65.1 Å². The van der Waals surface area contributed by atoms with Crippen molar-refractivity contribution in [3.05, 3.63) is 87.8 Å². The lowest BCUT2D eigenvalue weighted by Gasteiger charge is -2.03. The predicted molar refractivity (Wildman–Crippen MR) is 97.5 cm³/mol. The van der Waals surface area contributed by atoms with Crippen LogP contribution in [0.25, 0.3) is 16.7 Å². The van der Waals surface area contributed by atoms with E-state index in [0.717, 1.165) is 10.4 Å². The van der Waals surface area contributed by atoms with Crippen molar-refractivity contribution in [1.82, 2.24) is 19.4 Å². The Kier molecular flexibility index (Phi) is 4.06. The van der Waals surface area contributed by atoms with Gasteiger partial charge in [-0.05, 0) is 24.3 Å². The first-order valence-electron chi connectivity index (χ1n) is 7.64. The Morgan fingerprint density at radius 1 is 1.12 bits per heavy atom. The van der Waals surface area contributed by atoms with Crippen LogP contribution < -0.4 is 5.56 Å². The van der Waals surface area contributed by atoms with Crippen molar-refractivity contribution < 1.29 is 4.39 Å². The standard InChI is InChI=1S/C18H11ClFN5O/c19-15-7-4-8-16(20)13(15)9-22-24-11-21-17-14(18(24)26)10-23-25(17)12-5-2-1-3-6-12/h1-11H/b22-9-. The summed E-state index contributed by atoms with van der Waals surface area (Å²) in [6, 6.07) is 13.6. The molecule has 0 amide bonds. The molecule has 26 heavy (non-hydrogen) atoms. The van der Waals surface area contributed by atoms with Gasteiger partial charge in [0.2, 0.25) is 0 Å². The number of hydrogen-bond donors (Lipinski definition) is 0. The van der Waals surface area contributed by atoms with Gasteiger partial charge in [0, 0.05) is 5.56 Å². The SMILES string of the molecule is O=c1c2cnn(-c3ccccc3)c2ncn1/N=C\c1c(F)cccc1Cl. The zero-order valence-electron chi connectivity index (χ0n) is 13.3. The molecule has 0 spiro atoms. The Morgan fingerprint density at radius 2 is 1.92 bits per heavy atom. The van der Waals surface area contributed by atoms with Gasteiger partial charge in [-0.1, -0.05) is 35.9 Å². The summed E-state index contributed by atoms with van der Waals surface area (Å²) in [6.45, 7) is 0. The molecule has 0 bridgehead atoms. The Labute approximate surface area is 151 Å². The number of aromatic nitrogens is 4. The number of fused-ring (bicyclic) bond motifs is 1. The van der Waals surface area contributed by atoms with Crippen LogP contribution in [0.3, 0.4) is 0 Å². The Morgan fingerprint density at radius 3 is 2.69 bits per heavy atom. The smallest absolute Gasteiger partial charge is 0.266 e. The molecule has 0 aliphatic carbocycles. The third-order valence-corrected chi connectivity index (χ3v) is 4.11. The monoisotopic (exact) mass is 367 g/mol. The summed E-state index contributed by atoms with van der Waals surface area (Å²) < 4.78 is 16.4. The summed E-state index contributed by atoms with van der Waals surface area (Å²) in [4.78, 5) is 16.9. The minimum absolute atomic E-state index is 0.0983. The molecule has 0 saturated carbocycles. The van der Waals surface area contributed by atoms with Crippen LogP contribution in [0.5, 0.6) is 0 Å². The van der Waals surface area contributed by atoms with Gasteiger partial charge < -0.3 is 0 Å². The van der Waals surface area contributed by atoms with Crippen LogP contribution in [0.4, 0.5) is 4.39 Å². The quantitative estimate of drug-likeness (QED) is 0.522. The van der Waals surface area contributed by atoms with Crippen LogP contribution in [0.1, 0.15) is 5.56 Å². The molecule has 2 aromatic heterocycles. The highest BCUT2D eigenvalue weighted by Crippen LogP contribution is 2.17. The van der Waals surface area contributed by atoms with Crippen molar-refractivity contribution in [1.29, 1.82) is 0 Å². The van der Waals surface area contributed by atoms with Crippen molar-refractivity contribution in [3.63, 3.8) is 0 Å². The molecule has 0 saturated heterocycles. The van der Waals surface area contributed by atoms with E-state index in [1.54, 1.807) is 10.7 Å². The molecule has 0 unspecified atom stereocenters. The van der Waals surface area contributed by atoms with E-state index in [9.17, 15) is 9.18 Å². The summed E-state index contributed by atoms with van der Waals surface area (Å²) in [7, 11) is 0. The first-order valence-corrected chi connectivity index (χ1v) is 8.02. The summed E-state index contributed by atoms with van der Waals surface area (Å²) in [6.07, 6.45) is 3.88. The van der Waals surface area contributed by atoms with E-state index in [4.69, 9.17) is 11.6 Å². The largest absolute Gasteiger partial charge is 0.285 e. The molecular weight excluding hydrogens is 357 g/mol. The number of benzene rings is 2. The lowest BCUT2D eigenvalue weighted by Crippen LogP contribution is -2.17. The van der Waals surface area contributed by atoms with Crippen molar-refractivity contribution >= 4 is 28.8 Å². The number of para-hydroxylation sites is 1. The lowest BCUT2D eigenvalue weighted by atomic mass is 10.2. The van der Waals surface area contributed by atoms with Gasteiger partial charge in [0.25, 0.3) is 5.56 Å².